The Bertz CT molecular complexity index is 784. The number of nitrogens with two attached hydrogens (primary N) is 1. The average Bonchev–Trinajstić information content (AvgIpc) is 2.62. The van der Waals surface area contributed by atoms with Crippen molar-refractivity contribution in [2.75, 3.05) is 5.75 Å². The van der Waals surface area contributed by atoms with E-state index in [-0.39, 0.29) is 11.0 Å². The van der Waals surface area contributed by atoms with Gasteiger partial charge in [0.15, 0.2) is 0 Å². The molecular weight excluding hydrogens is 373 g/mol. The van der Waals surface area contributed by atoms with Crippen molar-refractivity contribution in [3.63, 3.8) is 0 Å². The van der Waals surface area contributed by atoms with Crippen LogP contribution in [0.5, 0.6) is 0 Å². The van der Waals surface area contributed by atoms with Crippen molar-refractivity contribution in [1.82, 2.24) is 0 Å². The van der Waals surface area contributed by atoms with E-state index in [0.29, 0.717) is 5.02 Å². The molecular formula is C20H23ClFNO2S. The van der Waals surface area contributed by atoms with Crippen LogP contribution in [0, 0.1) is 5.82 Å². The van der Waals surface area contributed by atoms with Gasteiger partial charge in [0.1, 0.15) is 11.9 Å². The molecule has 6 heteroatoms. The second-order valence-electron chi connectivity index (χ2n) is 6.06. The zero-order valence-electron chi connectivity index (χ0n) is 14.8. The van der Waals surface area contributed by atoms with Gasteiger partial charge >= 0.3 is 5.97 Å². The molecule has 0 aliphatic carbocycles. The van der Waals surface area contributed by atoms with Crippen molar-refractivity contribution in [3.8, 4) is 0 Å². The van der Waals surface area contributed by atoms with E-state index in [4.69, 9.17) is 22.4 Å². The number of carboxylic acids is 1. The number of aliphatic carboxylic acids is 1. The van der Waals surface area contributed by atoms with Gasteiger partial charge in [0.05, 0.1) is 5.25 Å². The van der Waals surface area contributed by atoms with Crippen LogP contribution >= 0.6 is 23.4 Å². The van der Waals surface area contributed by atoms with Gasteiger partial charge in [-0.3, -0.25) is 4.79 Å². The van der Waals surface area contributed by atoms with Gasteiger partial charge in [-0.1, -0.05) is 49.7 Å². The van der Waals surface area contributed by atoms with Crippen molar-refractivity contribution in [1.29, 1.82) is 0 Å². The first-order valence-electron chi connectivity index (χ1n) is 8.54. The molecule has 0 aliphatic rings. The molecule has 140 valence electrons. The maximum atomic E-state index is 13.5. The highest BCUT2D eigenvalue weighted by molar-refractivity contribution is 7.99. The molecule has 0 fully saturated rings. The molecule has 0 saturated carbocycles. The van der Waals surface area contributed by atoms with Crippen molar-refractivity contribution in [2.24, 2.45) is 5.73 Å². The molecule has 0 heterocycles. The molecule has 2 unspecified atom stereocenters. The van der Waals surface area contributed by atoms with E-state index < -0.39 is 17.8 Å². The molecule has 0 saturated heterocycles. The van der Waals surface area contributed by atoms with Gasteiger partial charge in [-0.15, -0.1) is 11.8 Å². The second kappa shape index (κ2) is 9.40. The number of hydrogen-bond donors (Lipinski definition) is 2. The van der Waals surface area contributed by atoms with E-state index in [9.17, 15) is 9.18 Å². The summed E-state index contributed by atoms with van der Waals surface area (Å²) in [5.41, 5.74) is 9.96. The van der Waals surface area contributed by atoms with Gasteiger partial charge in [-0.05, 0) is 47.2 Å². The molecule has 0 amide bonds. The fourth-order valence-electron chi connectivity index (χ4n) is 2.83. The number of carboxylic acid groups (broad SMARTS) is 1. The van der Waals surface area contributed by atoms with Crippen molar-refractivity contribution in [3.05, 3.63) is 69.5 Å². The summed E-state index contributed by atoms with van der Waals surface area (Å²) in [6.45, 7) is 4.22. The van der Waals surface area contributed by atoms with Gasteiger partial charge in [0.25, 0.3) is 0 Å². The van der Waals surface area contributed by atoms with Gasteiger partial charge in [0, 0.05) is 10.8 Å². The highest BCUT2D eigenvalue weighted by Crippen LogP contribution is 2.40. The normalized spacial score (nSPS) is 13.4. The van der Waals surface area contributed by atoms with Crippen molar-refractivity contribution >= 4 is 29.3 Å². The van der Waals surface area contributed by atoms with Crippen LogP contribution in [0.3, 0.4) is 0 Å². The molecule has 0 radical (unpaired) electrons. The minimum Gasteiger partial charge on any atom is -0.480 e. The van der Waals surface area contributed by atoms with Crippen LogP contribution in [0.25, 0.3) is 0 Å². The zero-order chi connectivity index (χ0) is 19.3. The van der Waals surface area contributed by atoms with Gasteiger partial charge in [-0.2, -0.15) is 0 Å². The van der Waals surface area contributed by atoms with E-state index in [1.807, 2.05) is 6.07 Å². The molecule has 26 heavy (non-hydrogen) atoms. The molecule has 0 spiro atoms. The summed E-state index contributed by atoms with van der Waals surface area (Å²) in [5, 5.41) is 9.17. The smallest absolute Gasteiger partial charge is 0.321 e. The number of halogens is 2. The Morgan fingerprint density at radius 2 is 1.88 bits per heavy atom. The predicted molar refractivity (Wildman–Crippen MR) is 107 cm³/mol. The van der Waals surface area contributed by atoms with E-state index in [1.54, 1.807) is 6.07 Å². The van der Waals surface area contributed by atoms with Crippen molar-refractivity contribution in [2.45, 2.75) is 38.0 Å². The Kier molecular flexibility index (Phi) is 7.50. The number of carbonyl (C=O) groups is 1. The van der Waals surface area contributed by atoms with Gasteiger partial charge in [-0.25, -0.2) is 4.39 Å². The number of rotatable bonds is 8. The quantitative estimate of drug-likeness (QED) is 0.671. The Labute approximate surface area is 162 Å². The fraction of sp³-hybridized carbons (Fsp3) is 0.350. The first kappa shape index (κ1) is 20.7. The molecule has 0 aliphatic heterocycles. The molecule has 2 atom stereocenters. The Hall–Kier alpha value is -1.56. The summed E-state index contributed by atoms with van der Waals surface area (Å²) in [7, 11) is 0. The lowest BCUT2D eigenvalue weighted by atomic mass is 9.96. The zero-order valence-corrected chi connectivity index (χ0v) is 16.4. The molecule has 3 nitrogen and oxygen atoms in total. The highest BCUT2D eigenvalue weighted by atomic mass is 35.5. The topological polar surface area (TPSA) is 63.3 Å². The van der Waals surface area contributed by atoms with E-state index >= 15 is 0 Å². The fourth-order valence-corrected chi connectivity index (χ4v) is 4.44. The maximum absolute atomic E-state index is 13.5. The molecule has 2 aromatic rings. The summed E-state index contributed by atoms with van der Waals surface area (Å²) in [5.74, 6) is -1.22. The summed E-state index contributed by atoms with van der Waals surface area (Å²) < 4.78 is 13.5. The predicted octanol–water partition coefficient (Wildman–Crippen LogP) is 4.84. The third kappa shape index (κ3) is 5.00. The first-order chi connectivity index (χ1) is 12.4. The second-order valence-corrected chi connectivity index (χ2v) is 7.60. The molecule has 0 aromatic heterocycles. The monoisotopic (exact) mass is 395 g/mol. The largest absolute Gasteiger partial charge is 0.480 e. The van der Waals surface area contributed by atoms with Crippen LogP contribution in [0.2, 0.25) is 5.02 Å². The highest BCUT2D eigenvalue weighted by Gasteiger charge is 2.22. The van der Waals surface area contributed by atoms with Gasteiger partial charge < -0.3 is 10.8 Å². The van der Waals surface area contributed by atoms with E-state index in [0.717, 1.165) is 24.0 Å². The van der Waals surface area contributed by atoms with Gasteiger partial charge in [0.2, 0.25) is 0 Å². The first-order valence-corrected chi connectivity index (χ1v) is 9.96. The number of benzene rings is 2. The lowest BCUT2D eigenvalue weighted by Gasteiger charge is -2.21. The minimum absolute atomic E-state index is 0.218. The average molecular weight is 396 g/mol. The van der Waals surface area contributed by atoms with Crippen LogP contribution in [-0.4, -0.2) is 22.9 Å². The number of aryl methyl sites for hydroxylation is 2. The Balaban J connectivity index is 2.44. The van der Waals surface area contributed by atoms with E-state index in [2.05, 4.69) is 26.0 Å². The van der Waals surface area contributed by atoms with Crippen LogP contribution < -0.4 is 5.73 Å². The third-order valence-corrected chi connectivity index (χ3v) is 6.04. The number of thioether (sulfide) groups is 1. The molecule has 2 aromatic carbocycles. The summed E-state index contributed by atoms with van der Waals surface area (Å²) in [4.78, 5) is 11.1. The lowest BCUT2D eigenvalue weighted by molar-refractivity contribution is -0.137. The molecule has 0 bridgehead atoms. The van der Waals surface area contributed by atoms with Crippen LogP contribution in [0.15, 0.2) is 36.4 Å². The lowest BCUT2D eigenvalue weighted by Crippen LogP contribution is -2.32. The molecule has 3 N–H and O–H groups in total. The minimum atomic E-state index is -1.04. The van der Waals surface area contributed by atoms with Crippen molar-refractivity contribution < 1.29 is 14.3 Å². The Morgan fingerprint density at radius 3 is 2.46 bits per heavy atom. The summed E-state index contributed by atoms with van der Waals surface area (Å²) in [6.07, 6.45) is 1.85. The summed E-state index contributed by atoms with van der Waals surface area (Å²) in [6, 6.07) is 9.58. The van der Waals surface area contributed by atoms with Crippen LogP contribution in [0.1, 0.15) is 41.4 Å². The van der Waals surface area contributed by atoms with Crippen LogP contribution in [-0.2, 0) is 17.6 Å². The third-order valence-electron chi connectivity index (χ3n) is 4.30. The number of hydrogen-bond acceptors (Lipinski definition) is 3. The SMILES string of the molecule is CCc1ccc(C(SCC(N)C(=O)O)c2ccc(F)cc2Cl)cc1CC. The Morgan fingerprint density at radius 1 is 1.19 bits per heavy atom. The van der Waals surface area contributed by atoms with Crippen LogP contribution in [0.4, 0.5) is 4.39 Å². The summed E-state index contributed by atoms with van der Waals surface area (Å²) >= 11 is 7.69. The van der Waals surface area contributed by atoms with E-state index in [1.165, 1.54) is 35.0 Å². The standard InChI is InChI=1S/C20H23ClFNO2S/c1-3-12-5-6-14(9-13(12)4-2)19(26-11-18(23)20(24)25)16-8-7-15(22)10-17(16)21/h5-10,18-19H,3-4,11,23H2,1-2H3,(H,24,25). The maximum Gasteiger partial charge on any atom is 0.321 e. The molecule has 2 rings (SSSR count).